The van der Waals surface area contributed by atoms with E-state index in [1.807, 2.05) is 0 Å². The minimum atomic E-state index is 0.271. The Labute approximate surface area is 110 Å². The van der Waals surface area contributed by atoms with Crippen LogP contribution >= 0.6 is 12.6 Å². The van der Waals surface area contributed by atoms with Crippen molar-refractivity contribution in [1.29, 1.82) is 0 Å². The topological polar surface area (TPSA) is 48.7 Å². The fourth-order valence-corrected chi connectivity index (χ4v) is 1.92. The van der Waals surface area contributed by atoms with E-state index >= 15 is 0 Å². The third-order valence-corrected chi connectivity index (χ3v) is 2.88. The molecule has 0 radical (unpaired) electrons. The first-order valence-electron chi connectivity index (χ1n) is 5.20. The molecule has 2 aromatic rings. The van der Waals surface area contributed by atoms with Crippen LogP contribution in [0.5, 0.6) is 11.5 Å². The van der Waals surface area contributed by atoms with E-state index in [9.17, 15) is 4.79 Å². The molecule has 1 aromatic carbocycles. The largest absolute Gasteiger partial charge is 0.493 e. The van der Waals surface area contributed by atoms with Crippen LogP contribution in [0.3, 0.4) is 0 Å². The Bertz CT molecular complexity index is 574. The highest BCUT2D eigenvalue weighted by atomic mass is 32.1. The Morgan fingerprint density at radius 1 is 1.17 bits per heavy atom. The zero-order valence-electron chi connectivity index (χ0n) is 9.97. The number of carbonyl (C=O) groups excluding carboxylic acids is 1. The summed E-state index contributed by atoms with van der Waals surface area (Å²) < 4.78 is 15.7. The van der Waals surface area contributed by atoms with Gasteiger partial charge in [0.2, 0.25) is 0 Å². The van der Waals surface area contributed by atoms with E-state index < -0.39 is 0 Å². The molecule has 0 saturated carbocycles. The van der Waals surface area contributed by atoms with Gasteiger partial charge in [0, 0.05) is 10.5 Å². The molecule has 1 aromatic heterocycles. The molecule has 0 aliphatic heterocycles. The quantitative estimate of drug-likeness (QED) is 0.681. The molecular formula is C13H12O4S. The zero-order chi connectivity index (χ0) is 13.1. The van der Waals surface area contributed by atoms with Gasteiger partial charge in [0.05, 0.1) is 14.2 Å². The third-order valence-electron chi connectivity index (χ3n) is 2.51. The van der Waals surface area contributed by atoms with Gasteiger partial charge >= 0.3 is 0 Å². The number of hydrogen-bond acceptors (Lipinski definition) is 5. The van der Waals surface area contributed by atoms with Gasteiger partial charge in [0.15, 0.2) is 23.5 Å². The maximum absolute atomic E-state index is 10.6. The van der Waals surface area contributed by atoms with Crippen molar-refractivity contribution in [1.82, 2.24) is 0 Å². The molecule has 94 valence electrons. The Morgan fingerprint density at radius 2 is 1.83 bits per heavy atom. The summed E-state index contributed by atoms with van der Waals surface area (Å²) in [4.78, 5) is 11.3. The molecule has 0 bridgehead atoms. The lowest BCUT2D eigenvalue weighted by Gasteiger charge is -2.10. The summed E-state index contributed by atoms with van der Waals surface area (Å²) in [5, 5.41) is 0. The Balaban J connectivity index is 2.53. The number of aldehydes is 1. The fraction of sp³-hybridized carbons (Fsp3) is 0.154. The molecule has 5 heteroatoms. The Hall–Kier alpha value is -1.88. The Morgan fingerprint density at radius 3 is 2.39 bits per heavy atom. The molecule has 18 heavy (non-hydrogen) atoms. The summed E-state index contributed by atoms with van der Waals surface area (Å²) in [7, 11) is 3.11. The molecule has 0 amide bonds. The van der Waals surface area contributed by atoms with E-state index in [-0.39, 0.29) is 5.76 Å². The highest BCUT2D eigenvalue weighted by Crippen LogP contribution is 2.37. The molecule has 0 aliphatic carbocycles. The monoisotopic (exact) mass is 264 g/mol. The molecule has 0 saturated heterocycles. The summed E-state index contributed by atoms with van der Waals surface area (Å²) in [5.74, 6) is 2.00. The first kappa shape index (κ1) is 12.6. The summed E-state index contributed by atoms with van der Waals surface area (Å²) in [6, 6.07) is 6.81. The van der Waals surface area contributed by atoms with Crippen LogP contribution in [0, 0.1) is 0 Å². The van der Waals surface area contributed by atoms with Crippen LogP contribution in [0.25, 0.3) is 11.3 Å². The lowest BCUT2D eigenvalue weighted by atomic mass is 10.1. The van der Waals surface area contributed by atoms with Crippen molar-refractivity contribution < 1.29 is 18.7 Å². The average Bonchev–Trinajstić information content (AvgIpc) is 2.86. The van der Waals surface area contributed by atoms with E-state index in [4.69, 9.17) is 13.9 Å². The normalized spacial score (nSPS) is 10.2. The number of ether oxygens (including phenoxy) is 2. The molecule has 0 fully saturated rings. The summed E-state index contributed by atoms with van der Waals surface area (Å²) >= 11 is 4.37. The van der Waals surface area contributed by atoms with Gasteiger partial charge in [-0.15, -0.1) is 12.6 Å². The number of methoxy groups -OCH3 is 2. The standard InChI is InChI=1S/C13H12O4S/c1-15-11-5-9(13(18)6-12(11)16-2)10-4-3-8(7-14)17-10/h3-7,18H,1-2H3. The number of benzene rings is 1. The van der Waals surface area contributed by atoms with Crippen LogP contribution in [-0.2, 0) is 0 Å². The van der Waals surface area contributed by atoms with E-state index in [2.05, 4.69) is 12.6 Å². The van der Waals surface area contributed by atoms with E-state index in [0.717, 1.165) is 5.56 Å². The molecule has 0 aliphatic rings. The number of thiol groups is 1. The summed E-state index contributed by atoms with van der Waals surface area (Å²) in [6.45, 7) is 0. The first-order valence-corrected chi connectivity index (χ1v) is 5.64. The van der Waals surface area contributed by atoms with Gasteiger partial charge in [-0.3, -0.25) is 4.79 Å². The first-order chi connectivity index (χ1) is 8.69. The minimum absolute atomic E-state index is 0.271. The number of rotatable bonds is 4. The predicted octanol–water partition coefficient (Wildman–Crippen LogP) is 3.07. The van der Waals surface area contributed by atoms with Crippen molar-refractivity contribution in [2.75, 3.05) is 14.2 Å². The number of furan rings is 1. The van der Waals surface area contributed by atoms with E-state index in [1.54, 1.807) is 38.5 Å². The smallest absolute Gasteiger partial charge is 0.185 e. The molecule has 0 unspecified atom stereocenters. The van der Waals surface area contributed by atoms with Crippen LogP contribution < -0.4 is 9.47 Å². The maximum Gasteiger partial charge on any atom is 0.185 e. The number of carbonyl (C=O) groups is 1. The average molecular weight is 264 g/mol. The third kappa shape index (κ3) is 2.22. The van der Waals surface area contributed by atoms with Gasteiger partial charge in [-0.1, -0.05) is 0 Å². The van der Waals surface area contributed by atoms with Crippen LogP contribution in [0.1, 0.15) is 10.6 Å². The van der Waals surface area contributed by atoms with Crippen molar-refractivity contribution in [2.45, 2.75) is 4.90 Å². The van der Waals surface area contributed by atoms with E-state index in [0.29, 0.717) is 28.4 Å². The molecule has 0 atom stereocenters. The molecule has 2 rings (SSSR count). The van der Waals surface area contributed by atoms with Crippen molar-refractivity contribution in [2.24, 2.45) is 0 Å². The molecule has 0 N–H and O–H groups in total. The number of hydrogen-bond donors (Lipinski definition) is 1. The second-order valence-corrected chi connectivity index (χ2v) is 4.03. The van der Waals surface area contributed by atoms with Gasteiger partial charge < -0.3 is 13.9 Å². The maximum atomic E-state index is 10.6. The van der Waals surface area contributed by atoms with Crippen molar-refractivity contribution >= 4 is 18.9 Å². The van der Waals surface area contributed by atoms with Crippen LogP contribution in [0.4, 0.5) is 0 Å². The molecule has 0 spiro atoms. The van der Waals surface area contributed by atoms with Crippen molar-refractivity contribution in [3.05, 3.63) is 30.0 Å². The summed E-state index contributed by atoms with van der Waals surface area (Å²) in [5.41, 5.74) is 0.740. The highest BCUT2D eigenvalue weighted by molar-refractivity contribution is 7.80. The Kier molecular flexibility index (Phi) is 3.62. The van der Waals surface area contributed by atoms with Gasteiger partial charge in [0.25, 0.3) is 0 Å². The van der Waals surface area contributed by atoms with Gasteiger partial charge in [-0.25, -0.2) is 0 Å². The van der Waals surface area contributed by atoms with Crippen molar-refractivity contribution in [3.63, 3.8) is 0 Å². The van der Waals surface area contributed by atoms with Gasteiger partial charge in [0.1, 0.15) is 5.76 Å². The van der Waals surface area contributed by atoms with Crippen LogP contribution in [-0.4, -0.2) is 20.5 Å². The van der Waals surface area contributed by atoms with Crippen LogP contribution in [0.2, 0.25) is 0 Å². The lowest BCUT2D eigenvalue weighted by Crippen LogP contribution is -1.91. The van der Waals surface area contributed by atoms with Gasteiger partial charge in [-0.2, -0.15) is 0 Å². The fourth-order valence-electron chi connectivity index (χ4n) is 1.63. The lowest BCUT2D eigenvalue weighted by molar-refractivity contribution is 0.110. The zero-order valence-corrected chi connectivity index (χ0v) is 10.9. The highest BCUT2D eigenvalue weighted by Gasteiger charge is 2.13. The summed E-state index contributed by atoms with van der Waals surface area (Å²) in [6.07, 6.45) is 0.655. The SMILES string of the molecule is COc1cc(S)c(-c2ccc(C=O)o2)cc1OC. The van der Waals surface area contributed by atoms with Crippen molar-refractivity contribution in [3.8, 4) is 22.8 Å². The molecule has 1 heterocycles. The molecule has 4 nitrogen and oxygen atoms in total. The minimum Gasteiger partial charge on any atom is -0.493 e. The van der Waals surface area contributed by atoms with Crippen LogP contribution in [0.15, 0.2) is 33.6 Å². The molecular weight excluding hydrogens is 252 g/mol. The predicted molar refractivity (Wildman–Crippen MR) is 69.9 cm³/mol. The second-order valence-electron chi connectivity index (χ2n) is 3.54. The second kappa shape index (κ2) is 5.18. The van der Waals surface area contributed by atoms with Gasteiger partial charge in [-0.05, 0) is 24.3 Å². The van der Waals surface area contributed by atoms with E-state index in [1.165, 1.54) is 0 Å².